The molecule has 1 aromatic carbocycles. The Morgan fingerprint density at radius 3 is 2.96 bits per heavy atom. The zero-order valence-corrected chi connectivity index (χ0v) is 12.7. The summed E-state index contributed by atoms with van der Waals surface area (Å²) in [7, 11) is 0. The zero-order valence-electron chi connectivity index (χ0n) is 12.7. The van der Waals surface area contributed by atoms with Gasteiger partial charge in [-0.15, -0.1) is 0 Å². The predicted octanol–water partition coefficient (Wildman–Crippen LogP) is 2.57. The van der Waals surface area contributed by atoms with E-state index < -0.39 is 0 Å². The highest BCUT2D eigenvalue weighted by Gasteiger charge is 2.29. The number of carbonyl (C=O) groups excluding carboxylic acids is 1. The Morgan fingerprint density at radius 2 is 2.13 bits per heavy atom. The maximum atomic E-state index is 13.0. The smallest absolute Gasteiger partial charge is 0.260 e. The molecule has 23 heavy (non-hydrogen) atoms. The molecule has 0 radical (unpaired) electrons. The molecule has 0 saturated heterocycles. The van der Waals surface area contributed by atoms with Crippen molar-refractivity contribution in [2.75, 3.05) is 6.54 Å². The van der Waals surface area contributed by atoms with Gasteiger partial charge in [0, 0.05) is 18.5 Å². The Hall–Kier alpha value is -2.89. The average Bonchev–Trinajstić information content (AvgIpc) is 3.20. The van der Waals surface area contributed by atoms with Gasteiger partial charge in [0.2, 0.25) is 0 Å². The van der Waals surface area contributed by atoms with Gasteiger partial charge in [-0.1, -0.05) is 35.5 Å². The van der Waals surface area contributed by atoms with Gasteiger partial charge in [0.25, 0.3) is 5.91 Å². The number of benzene rings is 1. The molecular weight excluding hydrogens is 292 g/mol. The van der Waals surface area contributed by atoms with Gasteiger partial charge in [0.15, 0.2) is 0 Å². The largest absolute Gasteiger partial charge is 0.360 e. The standard InChI is InChI=1S/C17H16N4O2/c1-11-15(16(20-23-11)12-5-3-2-4-6-12)17(22)21-8-7-13-14(9-21)19-10-18-13/h2-6,10H,7-9H2,1H3,(H,18,19). The lowest BCUT2D eigenvalue weighted by Gasteiger charge is -2.26. The molecule has 116 valence electrons. The topological polar surface area (TPSA) is 75.0 Å². The van der Waals surface area contributed by atoms with Gasteiger partial charge in [-0.2, -0.15) is 0 Å². The summed E-state index contributed by atoms with van der Waals surface area (Å²) in [6, 6.07) is 9.63. The Balaban J connectivity index is 1.69. The summed E-state index contributed by atoms with van der Waals surface area (Å²) >= 11 is 0. The molecular formula is C17H16N4O2. The molecule has 0 unspecified atom stereocenters. The van der Waals surface area contributed by atoms with Crippen molar-refractivity contribution in [3.05, 3.63) is 59.4 Å². The molecule has 0 bridgehead atoms. The van der Waals surface area contributed by atoms with Crippen LogP contribution in [0, 0.1) is 6.92 Å². The number of amides is 1. The van der Waals surface area contributed by atoms with E-state index in [0.717, 1.165) is 23.4 Å². The number of H-pyrrole nitrogens is 1. The first-order chi connectivity index (χ1) is 11.2. The SMILES string of the molecule is Cc1onc(-c2ccccc2)c1C(=O)N1CCc2nc[nH]c2C1. The van der Waals surface area contributed by atoms with Crippen LogP contribution in [0.4, 0.5) is 0 Å². The van der Waals surface area contributed by atoms with Gasteiger partial charge in [0.05, 0.1) is 24.3 Å². The number of aryl methyl sites for hydroxylation is 1. The monoisotopic (exact) mass is 308 g/mol. The highest BCUT2D eigenvalue weighted by Crippen LogP contribution is 2.27. The first kappa shape index (κ1) is 13.8. The molecule has 1 N–H and O–H groups in total. The Bertz CT molecular complexity index is 851. The summed E-state index contributed by atoms with van der Waals surface area (Å²) in [4.78, 5) is 22.2. The second-order valence-corrected chi connectivity index (χ2v) is 5.63. The van der Waals surface area contributed by atoms with Crippen molar-refractivity contribution in [1.82, 2.24) is 20.0 Å². The number of imidazole rings is 1. The fraction of sp³-hybridized carbons (Fsp3) is 0.235. The molecule has 1 aliphatic heterocycles. The van der Waals surface area contributed by atoms with Crippen LogP contribution in [-0.4, -0.2) is 32.5 Å². The third-order valence-electron chi connectivity index (χ3n) is 4.19. The minimum absolute atomic E-state index is 0.0529. The highest BCUT2D eigenvalue weighted by atomic mass is 16.5. The van der Waals surface area contributed by atoms with Crippen molar-refractivity contribution >= 4 is 5.91 Å². The molecule has 1 amide bonds. The predicted molar refractivity (Wildman–Crippen MR) is 83.7 cm³/mol. The van der Waals surface area contributed by atoms with Crippen LogP contribution in [0.25, 0.3) is 11.3 Å². The zero-order chi connectivity index (χ0) is 15.8. The van der Waals surface area contributed by atoms with Gasteiger partial charge < -0.3 is 14.4 Å². The van der Waals surface area contributed by atoms with Gasteiger partial charge in [-0.05, 0) is 6.92 Å². The van der Waals surface area contributed by atoms with E-state index in [1.54, 1.807) is 13.3 Å². The van der Waals surface area contributed by atoms with Crippen LogP contribution in [0.3, 0.4) is 0 Å². The van der Waals surface area contributed by atoms with E-state index in [1.807, 2.05) is 35.2 Å². The van der Waals surface area contributed by atoms with Crippen LogP contribution in [0.15, 0.2) is 41.2 Å². The third kappa shape index (κ3) is 2.32. The number of carbonyl (C=O) groups is 1. The van der Waals surface area contributed by atoms with E-state index in [1.165, 1.54) is 0 Å². The van der Waals surface area contributed by atoms with Crippen LogP contribution in [0.5, 0.6) is 0 Å². The molecule has 3 aromatic rings. The van der Waals surface area contributed by atoms with Crippen LogP contribution in [0.2, 0.25) is 0 Å². The number of hydrogen-bond acceptors (Lipinski definition) is 4. The Morgan fingerprint density at radius 1 is 1.30 bits per heavy atom. The lowest BCUT2D eigenvalue weighted by atomic mass is 10.0. The summed E-state index contributed by atoms with van der Waals surface area (Å²) in [5.74, 6) is 0.493. The summed E-state index contributed by atoms with van der Waals surface area (Å²) in [5.41, 5.74) is 4.06. The fourth-order valence-corrected chi connectivity index (χ4v) is 2.96. The van der Waals surface area contributed by atoms with E-state index in [-0.39, 0.29) is 5.91 Å². The molecule has 4 rings (SSSR count). The Labute approximate surface area is 133 Å². The van der Waals surface area contributed by atoms with Crippen LogP contribution in [0.1, 0.15) is 27.5 Å². The molecule has 1 aliphatic rings. The minimum atomic E-state index is -0.0529. The first-order valence-electron chi connectivity index (χ1n) is 7.56. The van der Waals surface area contributed by atoms with Gasteiger partial charge in [-0.3, -0.25) is 4.79 Å². The van der Waals surface area contributed by atoms with Crippen LogP contribution in [-0.2, 0) is 13.0 Å². The summed E-state index contributed by atoms with van der Waals surface area (Å²) in [6.07, 6.45) is 2.44. The molecule has 6 nitrogen and oxygen atoms in total. The van der Waals surface area contributed by atoms with Crippen molar-refractivity contribution in [2.45, 2.75) is 19.9 Å². The molecule has 6 heteroatoms. The number of aromatic amines is 1. The molecule has 0 fully saturated rings. The van der Waals surface area contributed by atoms with Gasteiger partial charge >= 0.3 is 0 Å². The third-order valence-corrected chi connectivity index (χ3v) is 4.19. The number of nitrogens with zero attached hydrogens (tertiary/aromatic N) is 3. The van der Waals surface area contributed by atoms with Gasteiger partial charge in [-0.25, -0.2) is 4.98 Å². The second-order valence-electron chi connectivity index (χ2n) is 5.63. The molecule has 0 saturated carbocycles. The number of fused-ring (bicyclic) bond motifs is 1. The van der Waals surface area contributed by atoms with E-state index in [9.17, 15) is 4.79 Å². The average molecular weight is 308 g/mol. The maximum Gasteiger partial charge on any atom is 0.260 e. The van der Waals surface area contributed by atoms with Crippen molar-refractivity contribution in [3.8, 4) is 11.3 Å². The summed E-state index contributed by atoms with van der Waals surface area (Å²) in [5, 5.41) is 4.09. The maximum absolute atomic E-state index is 13.0. The van der Waals surface area contributed by atoms with E-state index in [0.29, 0.717) is 30.1 Å². The molecule has 0 aliphatic carbocycles. The summed E-state index contributed by atoms with van der Waals surface area (Å²) in [6.45, 7) is 2.96. The summed E-state index contributed by atoms with van der Waals surface area (Å²) < 4.78 is 5.30. The quantitative estimate of drug-likeness (QED) is 0.789. The van der Waals surface area contributed by atoms with Crippen molar-refractivity contribution in [1.29, 1.82) is 0 Å². The van der Waals surface area contributed by atoms with Crippen molar-refractivity contribution in [2.24, 2.45) is 0 Å². The van der Waals surface area contributed by atoms with E-state index in [4.69, 9.17) is 4.52 Å². The molecule has 0 atom stereocenters. The number of rotatable bonds is 2. The lowest BCUT2D eigenvalue weighted by Crippen LogP contribution is -2.36. The molecule has 2 aromatic heterocycles. The minimum Gasteiger partial charge on any atom is -0.360 e. The highest BCUT2D eigenvalue weighted by molar-refractivity contribution is 6.00. The second kappa shape index (κ2) is 5.39. The normalized spacial score (nSPS) is 13.9. The van der Waals surface area contributed by atoms with Gasteiger partial charge in [0.1, 0.15) is 17.0 Å². The lowest BCUT2D eigenvalue weighted by molar-refractivity contribution is 0.0731. The number of nitrogens with one attached hydrogen (secondary N) is 1. The Kier molecular flexibility index (Phi) is 3.22. The number of aromatic nitrogens is 3. The van der Waals surface area contributed by atoms with Crippen LogP contribution < -0.4 is 0 Å². The van der Waals surface area contributed by atoms with E-state index in [2.05, 4.69) is 15.1 Å². The molecule has 0 spiro atoms. The molecule has 3 heterocycles. The first-order valence-corrected chi connectivity index (χ1v) is 7.56. The number of hydrogen-bond donors (Lipinski definition) is 1. The van der Waals surface area contributed by atoms with Crippen LogP contribution >= 0.6 is 0 Å². The van der Waals surface area contributed by atoms with Crippen molar-refractivity contribution < 1.29 is 9.32 Å². The fourth-order valence-electron chi connectivity index (χ4n) is 2.96. The van der Waals surface area contributed by atoms with Crippen molar-refractivity contribution in [3.63, 3.8) is 0 Å². The van der Waals surface area contributed by atoms with E-state index >= 15 is 0 Å².